The fraction of sp³-hybridized carbons (Fsp3) is 0.231. The van der Waals surface area contributed by atoms with E-state index >= 15 is 0 Å². The van der Waals surface area contributed by atoms with E-state index in [4.69, 9.17) is 0 Å². The maximum Gasteiger partial charge on any atom is 0.254 e. The summed E-state index contributed by atoms with van der Waals surface area (Å²) in [5.41, 5.74) is -0.0796. The molecular weight excluding hydrogens is 238 g/mol. The molecule has 0 fully saturated rings. The van der Waals surface area contributed by atoms with E-state index in [0.29, 0.717) is 11.4 Å². The Balaban J connectivity index is 2.85. The number of H-pyrrole nitrogens is 1. The van der Waals surface area contributed by atoms with Gasteiger partial charge in [0.25, 0.3) is 5.56 Å². The Kier molecular flexibility index (Phi) is 2.98. The van der Waals surface area contributed by atoms with Crippen LogP contribution in [-0.2, 0) is 0 Å². The van der Waals surface area contributed by atoms with E-state index in [0.717, 1.165) is 0 Å². The van der Waals surface area contributed by atoms with Gasteiger partial charge < -0.3 is 4.98 Å². The smallest absolute Gasteiger partial charge is 0.254 e. The second-order valence-electron chi connectivity index (χ2n) is 4.18. The van der Waals surface area contributed by atoms with Crippen molar-refractivity contribution in [3.8, 4) is 11.3 Å². The standard InChI is InChI=1S/C13H12F2N2O/c1-6-4-5-9(14)10(11(6)15)12-7(2)13(18)17-8(3)16-12/h4-5H,1-3H3,(H,16,17,18). The van der Waals surface area contributed by atoms with Crippen LogP contribution in [0.2, 0.25) is 0 Å². The van der Waals surface area contributed by atoms with E-state index in [-0.39, 0.29) is 16.8 Å². The Hall–Kier alpha value is -2.04. The molecule has 0 saturated carbocycles. The van der Waals surface area contributed by atoms with Gasteiger partial charge in [-0.1, -0.05) is 6.07 Å². The van der Waals surface area contributed by atoms with Crippen LogP contribution >= 0.6 is 0 Å². The zero-order chi connectivity index (χ0) is 13.4. The van der Waals surface area contributed by atoms with Crippen molar-refractivity contribution >= 4 is 0 Å². The monoisotopic (exact) mass is 250 g/mol. The highest BCUT2D eigenvalue weighted by Crippen LogP contribution is 2.27. The minimum Gasteiger partial charge on any atom is -0.311 e. The molecule has 0 spiro atoms. The second-order valence-corrected chi connectivity index (χ2v) is 4.18. The summed E-state index contributed by atoms with van der Waals surface area (Å²) in [6, 6.07) is 2.52. The molecule has 0 aliphatic heterocycles. The molecule has 1 heterocycles. The van der Waals surface area contributed by atoms with E-state index in [1.807, 2.05) is 0 Å². The van der Waals surface area contributed by atoms with Crippen LogP contribution in [0.25, 0.3) is 11.3 Å². The number of aromatic amines is 1. The quantitative estimate of drug-likeness (QED) is 0.845. The lowest BCUT2D eigenvalue weighted by Crippen LogP contribution is -2.15. The van der Waals surface area contributed by atoms with Gasteiger partial charge in [0.05, 0.1) is 11.3 Å². The zero-order valence-electron chi connectivity index (χ0n) is 10.3. The van der Waals surface area contributed by atoms with Gasteiger partial charge in [0.2, 0.25) is 0 Å². The van der Waals surface area contributed by atoms with E-state index in [2.05, 4.69) is 9.97 Å². The van der Waals surface area contributed by atoms with Gasteiger partial charge in [0.15, 0.2) is 0 Å². The highest BCUT2D eigenvalue weighted by atomic mass is 19.1. The molecule has 0 atom stereocenters. The van der Waals surface area contributed by atoms with Gasteiger partial charge in [-0.3, -0.25) is 4.79 Å². The number of aryl methyl sites for hydroxylation is 2. The van der Waals surface area contributed by atoms with E-state index in [9.17, 15) is 13.6 Å². The van der Waals surface area contributed by atoms with Crippen LogP contribution in [0, 0.1) is 32.4 Å². The van der Waals surface area contributed by atoms with Crippen LogP contribution in [0.4, 0.5) is 8.78 Å². The highest BCUT2D eigenvalue weighted by Gasteiger charge is 2.18. The number of rotatable bonds is 1. The minimum atomic E-state index is -0.723. The maximum atomic E-state index is 14.0. The van der Waals surface area contributed by atoms with Gasteiger partial charge in [-0.15, -0.1) is 0 Å². The molecule has 0 radical (unpaired) electrons. The van der Waals surface area contributed by atoms with Crippen molar-refractivity contribution < 1.29 is 8.78 Å². The number of nitrogens with one attached hydrogen (secondary N) is 1. The van der Waals surface area contributed by atoms with Crippen molar-refractivity contribution in [1.29, 1.82) is 0 Å². The van der Waals surface area contributed by atoms with E-state index in [1.165, 1.54) is 26.0 Å². The van der Waals surface area contributed by atoms with Gasteiger partial charge in [-0.25, -0.2) is 13.8 Å². The molecule has 0 unspecified atom stereocenters. The molecule has 0 aliphatic rings. The molecule has 3 nitrogen and oxygen atoms in total. The average molecular weight is 250 g/mol. The van der Waals surface area contributed by atoms with Crippen LogP contribution < -0.4 is 5.56 Å². The molecule has 0 amide bonds. The van der Waals surface area contributed by atoms with Crippen molar-refractivity contribution in [3.63, 3.8) is 0 Å². The van der Waals surface area contributed by atoms with Gasteiger partial charge >= 0.3 is 0 Å². The minimum absolute atomic E-state index is 0.0509. The van der Waals surface area contributed by atoms with Crippen LogP contribution in [0.15, 0.2) is 16.9 Å². The number of aromatic nitrogens is 2. The molecule has 2 aromatic rings. The Bertz CT molecular complexity index is 677. The molecular formula is C13H12F2N2O. The van der Waals surface area contributed by atoms with E-state index < -0.39 is 17.2 Å². The number of hydrogen-bond acceptors (Lipinski definition) is 2. The summed E-state index contributed by atoms with van der Waals surface area (Å²) < 4.78 is 27.8. The van der Waals surface area contributed by atoms with Crippen molar-refractivity contribution in [2.24, 2.45) is 0 Å². The molecule has 1 aromatic carbocycles. The molecule has 18 heavy (non-hydrogen) atoms. The fourth-order valence-electron chi connectivity index (χ4n) is 1.76. The summed E-state index contributed by atoms with van der Waals surface area (Å²) in [6.07, 6.45) is 0. The Labute approximate surface area is 103 Å². The summed E-state index contributed by atoms with van der Waals surface area (Å²) >= 11 is 0. The Morgan fingerprint density at radius 3 is 2.50 bits per heavy atom. The number of benzene rings is 1. The molecule has 0 bridgehead atoms. The first-order valence-electron chi connectivity index (χ1n) is 5.44. The van der Waals surface area contributed by atoms with Gasteiger partial charge in [-0.05, 0) is 32.4 Å². The number of nitrogens with zero attached hydrogens (tertiary/aromatic N) is 1. The van der Waals surface area contributed by atoms with Crippen molar-refractivity contribution in [2.75, 3.05) is 0 Å². The second kappa shape index (κ2) is 4.33. The SMILES string of the molecule is Cc1nc(-c2c(F)ccc(C)c2F)c(C)c(=O)[nH]1. The number of hydrogen-bond donors (Lipinski definition) is 1. The number of halogens is 2. The molecule has 1 aromatic heterocycles. The average Bonchev–Trinajstić information content (AvgIpc) is 2.30. The third-order valence-corrected chi connectivity index (χ3v) is 2.79. The fourth-order valence-corrected chi connectivity index (χ4v) is 1.76. The third kappa shape index (κ3) is 1.92. The molecule has 1 N–H and O–H groups in total. The third-order valence-electron chi connectivity index (χ3n) is 2.79. The summed E-state index contributed by atoms with van der Waals surface area (Å²) in [5, 5.41) is 0. The largest absolute Gasteiger partial charge is 0.311 e. The molecule has 5 heteroatoms. The molecule has 2 rings (SSSR count). The van der Waals surface area contributed by atoms with Crippen LogP contribution in [0.5, 0.6) is 0 Å². The van der Waals surface area contributed by atoms with Crippen molar-refractivity contribution in [2.45, 2.75) is 20.8 Å². The lowest BCUT2D eigenvalue weighted by Gasteiger charge is -2.09. The summed E-state index contributed by atoms with van der Waals surface area (Å²) in [4.78, 5) is 18.1. The maximum absolute atomic E-state index is 14.0. The summed E-state index contributed by atoms with van der Waals surface area (Å²) in [5.74, 6) is -1.09. The van der Waals surface area contributed by atoms with Crippen molar-refractivity contribution in [3.05, 3.63) is 51.1 Å². The Morgan fingerprint density at radius 1 is 1.17 bits per heavy atom. The van der Waals surface area contributed by atoms with Crippen LogP contribution in [0.1, 0.15) is 17.0 Å². The predicted molar refractivity (Wildman–Crippen MR) is 64.4 cm³/mol. The summed E-state index contributed by atoms with van der Waals surface area (Å²) in [6.45, 7) is 4.59. The normalized spacial score (nSPS) is 10.7. The zero-order valence-corrected chi connectivity index (χ0v) is 10.3. The van der Waals surface area contributed by atoms with Gasteiger partial charge in [0.1, 0.15) is 17.5 Å². The van der Waals surface area contributed by atoms with Crippen LogP contribution in [-0.4, -0.2) is 9.97 Å². The first-order valence-corrected chi connectivity index (χ1v) is 5.44. The topological polar surface area (TPSA) is 45.8 Å². The van der Waals surface area contributed by atoms with E-state index in [1.54, 1.807) is 6.92 Å². The first kappa shape index (κ1) is 12.4. The highest BCUT2D eigenvalue weighted by molar-refractivity contribution is 5.64. The first-order chi connectivity index (χ1) is 8.41. The molecule has 0 saturated heterocycles. The lowest BCUT2D eigenvalue weighted by molar-refractivity contribution is 0.582. The van der Waals surface area contributed by atoms with Crippen LogP contribution in [0.3, 0.4) is 0 Å². The molecule has 0 aliphatic carbocycles. The lowest BCUT2D eigenvalue weighted by atomic mass is 10.0. The summed E-state index contributed by atoms with van der Waals surface area (Å²) in [7, 11) is 0. The van der Waals surface area contributed by atoms with Crippen molar-refractivity contribution in [1.82, 2.24) is 9.97 Å². The van der Waals surface area contributed by atoms with Gasteiger partial charge in [-0.2, -0.15) is 0 Å². The van der Waals surface area contributed by atoms with Gasteiger partial charge in [0, 0.05) is 5.56 Å². The molecule has 94 valence electrons. The Morgan fingerprint density at radius 2 is 1.83 bits per heavy atom. The predicted octanol–water partition coefficient (Wildman–Crippen LogP) is 2.64.